The van der Waals surface area contributed by atoms with Gasteiger partial charge in [0.25, 0.3) is 0 Å². The van der Waals surface area contributed by atoms with Crippen molar-refractivity contribution in [1.29, 1.82) is 5.26 Å². The van der Waals surface area contributed by atoms with Crippen LogP contribution in [0.1, 0.15) is 29.7 Å². The highest BCUT2D eigenvalue weighted by atomic mass is 16.3. The summed E-state index contributed by atoms with van der Waals surface area (Å²) >= 11 is 0. The molecule has 0 atom stereocenters. The van der Waals surface area contributed by atoms with Gasteiger partial charge in [-0.3, -0.25) is 9.98 Å². The van der Waals surface area contributed by atoms with E-state index in [-0.39, 0.29) is 17.6 Å². The number of nitriles is 1. The maximum Gasteiger partial charge on any atom is 0.326 e. The smallest absolute Gasteiger partial charge is 0.326 e. The molecule has 0 amide bonds. The van der Waals surface area contributed by atoms with Crippen LogP contribution < -0.4 is 21.7 Å². The van der Waals surface area contributed by atoms with E-state index in [4.69, 9.17) is 10.3 Å². The Morgan fingerprint density at radius 3 is 2.87 bits per heavy atom. The van der Waals surface area contributed by atoms with E-state index in [1.807, 2.05) is 19.1 Å². The molecule has 0 bridgehead atoms. The molecule has 0 aliphatic heterocycles. The molecule has 31 heavy (non-hydrogen) atoms. The van der Waals surface area contributed by atoms with Gasteiger partial charge in [-0.2, -0.15) is 14.9 Å². The van der Waals surface area contributed by atoms with Gasteiger partial charge in [0.2, 0.25) is 5.88 Å². The first-order valence-corrected chi connectivity index (χ1v) is 9.73. The van der Waals surface area contributed by atoms with Gasteiger partial charge in [0.1, 0.15) is 11.5 Å². The topological polar surface area (TPSA) is 147 Å². The third-order valence-electron chi connectivity index (χ3n) is 5.00. The van der Waals surface area contributed by atoms with E-state index in [0.717, 1.165) is 24.1 Å². The van der Waals surface area contributed by atoms with E-state index in [1.54, 1.807) is 28.9 Å². The van der Waals surface area contributed by atoms with E-state index in [9.17, 15) is 9.90 Å². The van der Waals surface area contributed by atoms with Gasteiger partial charge in [-0.05, 0) is 49.6 Å². The Morgan fingerprint density at radius 1 is 1.35 bits per heavy atom. The Hall–Kier alpha value is -4.39. The molecule has 10 nitrogen and oxygen atoms in total. The lowest BCUT2D eigenvalue weighted by Gasteiger charge is -2.09. The predicted molar refractivity (Wildman–Crippen MR) is 113 cm³/mol. The molecule has 0 radical (unpaired) electrons. The molecule has 0 spiro atoms. The molecular formula is C21H18N8O2. The van der Waals surface area contributed by atoms with Crippen LogP contribution in [-0.4, -0.2) is 35.7 Å². The number of hydrogen-bond acceptors (Lipinski definition) is 7. The van der Waals surface area contributed by atoms with Gasteiger partial charge in [0.15, 0.2) is 11.1 Å². The number of nitrogens with zero attached hydrogens (tertiary/aromatic N) is 5. The lowest BCUT2D eigenvalue weighted by Crippen LogP contribution is -2.20. The van der Waals surface area contributed by atoms with Crippen molar-refractivity contribution in [2.24, 2.45) is 4.99 Å². The number of aromatic hydroxyl groups is 1. The lowest BCUT2D eigenvalue weighted by molar-refractivity contribution is 0.454. The second-order valence-corrected chi connectivity index (χ2v) is 7.45. The van der Waals surface area contributed by atoms with E-state index >= 15 is 0 Å². The molecular weight excluding hydrogens is 396 g/mol. The Balaban J connectivity index is 1.66. The first-order chi connectivity index (χ1) is 15.0. The number of aromatic nitrogens is 5. The van der Waals surface area contributed by atoms with Crippen LogP contribution in [0.3, 0.4) is 0 Å². The number of rotatable bonds is 4. The summed E-state index contributed by atoms with van der Waals surface area (Å²) in [5, 5.41) is 27.3. The van der Waals surface area contributed by atoms with Crippen LogP contribution >= 0.6 is 0 Å². The highest BCUT2D eigenvalue weighted by Gasteiger charge is 2.20. The third-order valence-corrected chi connectivity index (χ3v) is 5.00. The number of anilines is 2. The summed E-state index contributed by atoms with van der Waals surface area (Å²) in [4.78, 5) is 25.7. The van der Waals surface area contributed by atoms with Gasteiger partial charge in [0.05, 0.1) is 23.9 Å². The maximum absolute atomic E-state index is 11.4. The third kappa shape index (κ3) is 3.64. The number of nitrogens with one attached hydrogen (secondary N) is 3. The summed E-state index contributed by atoms with van der Waals surface area (Å²) in [5.74, 6) is 0.316. The molecule has 3 aromatic heterocycles. The van der Waals surface area contributed by atoms with Crippen molar-refractivity contribution in [3.8, 4) is 11.9 Å². The molecule has 1 saturated carbocycles. The molecule has 10 heteroatoms. The minimum absolute atomic E-state index is 0.240. The van der Waals surface area contributed by atoms with Crippen molar-refractivity contribution >= 4 is 23.2 Å². The summed E-state index contributed by atoms with van der Waals surface area (Å²) in [6.45, 7) is 1.92. The van der Waals surface area contributed by atoms with Crippen molar-refractivity contribution in [3.05, 3.63) is 68.5 Å². The number of hydrogen-bond donors (Lipinski definition) is 4. The summed E-state index contributed by atoms with van der Waals surface area (Å²) < 4.78 is 1.64. The van der Waals surface area contributed by atoms with Crippen LogP contribution in [0.4, 0.5) is 11.5 Å². The lowest BCUT2D eigenvalue weighted by atomic mass is 10.1. The Bertz CT molecular complexity index is 1530. The number of benzene rings is 1. The molecule has 1 aliphatic rings. The van der Waals surface area contributed by atoms with Crippen molar-refractivity contribution in [2.75, 3.05) is 5.32 Å². The number of aromatic amines is 2. The number of aryl methyl sites for hydroxylation is 1. The summed E-state index contributed by atoms with van der Waals surface area (Å²) in [5.41, 5.74) is 3.25. The molecule has 1 aliphatic carbocycles. The van der Waals surface area contributed by atoms with Gasteiger partial charge in [-0.15, -0.1) is 0 Å². The number of imidazole rings is 1. The Labute approximate surface area is 175 Å². The van der Waals surface area contributed by atoms with Crippen molar-refractivity contribution in [2.45, 2.75) is 25.8 Å². The molecule has 3 heterocycles. The first kappa shape index (κ1) is 18.6. The van der Waals surface area contributed by atoms with Crippen LogP contribution in [0.15, 0.2) is 40.2 Å². The van der Waals surface area contributed by atoms with Crippen molar-refractivity contribution in [1.82, 2.24) is 24.6 Å². The number of fused-ring (bicyclic) bond motifs is 1. The van der Waals surface area contributed by atoms with Gasteiger partial charge in [-0.25, -0.2) is 9.78 Å². The molecule has 1 aromatic carbocycles. The molecule has 1 fully saturated rings. The Morgan fingerprint density at radius 2 is 2.19 bits per heavy atom. The second kappa shape index (κ2) is 7.14. The van der Waals surface area contributed by atoms with Gasteiger partial charge in [0, 0.05) is 17.0 Å². The van der Waals surface area contributed by atoms with E-state index in [0.29, 0.717) is 27.7 Å². The zero-order valence-electron chi connectivity index (χ0n) is 16.5. The van der Waals surface area contributed by atoms with E-state index in [2.05, 4.69) is 31.4 Å². The maximum atomic E-state index is 11.4. The first-order valence-electron chi connectivity index (χ1n) is 9.73. The van der Waals surface area contributed by atoms with Gasteiger partial charge in [-0.1, -0.05) is 0 Å². The van der Waals surface area contributed by atoms with Crippen LogP contribution in [-0.2, 0) is 0 Å². The molecule has 0 unspecified atom stereocenters. The quantitative estimate of drug-likeness (QED) is 0.391. The fourth-order valence-corrected chi connectivity index (χ4v) is 3.27. The second-order valence-electron chi connectivity index (χ2n) is 7.45. The monoisotopic (exact) mass is 414 g/mol. The van der Waals surface area contributed by atoms with E-state index in [1.165, 1.54) is 0 Å². The summed E-state index contributed by atoms with van der Waals surface area (Å²) in [7, 11) is 0. The minimum atomic E-state index is -0.503. The molecule has 4 aromatic rings. The van der Waals surface area contributed by atoms with E-state index < -0.39 is 5.69 Å². The van der Waals surface area contributed by atoms with Crippen molar-refractivity contribution in [3.63, 3.8) is 0 Å². The Kier molecular flexibility index (Phi) is 4.29. The number of H-pyrrole nitrogens is 2. The van der Waals surface area contributed by atoms with Crippen LogP contribution in [0.25, 0.3) is 11.7 Å². The highest BCUT2D eigenvalue weighted by molar-refractivity contribution is 5.64. The summed E-state index contributed by atoms with van der Waals surface area (Å²) in [6.07, 6.45) is 5.29. The van der Waals surface area contributed by atoms with Crippen LogP contribution in [0.2, 0.25) is 0 Å². The SMILES string of the molecule is Cc1cc(C#N)ccc1Nc1cc(=NC2CC2)n2ncc(=Cc3[nH]c(=O)[nH]c3O)c2n1. The van der Waals surface area contributed by atoms with Crippen LogP contribution in [0, 0.1) is 18.3 Å². The molecule has 5 rings (SSSR count). The van der Waals surface area contributed by atoms with Gasteiger partial charge < -0.3 is 15.4 Å². The highest BCUT2D eigenvalue weighted by Crippen LogP contribution is 2.23. The predicted octanol–water partition coefficient (Wildman–Crippen LogP) is 0.986. The fourth-order valence-electron chi connectivity index (χ4n) is 3.27. The minimum Gasteiger partial charge on any atom is -0.493 e. The average molecular weight is 414 g/mol. The molecule has 154 valence electrons. The zero-order valence-corrected chi connectivity index (χ0v) is 16.5. The fraction of sp³-hybridized carbons (Fsp3) is 0.190. The average Bonchev–Trinajstić information content (AvgIpc) is 3.38. The van der Waals surface area contributed by atoms with Crippen LogP contribution in [0.5, 0.6) is 5.88 Å². The normalized spacial score (nSPS) is 14.8. The molecule has 0 saturated heterocycles. The zero-order chi connectivity index (χ0) is 21.5. The standard InChI is InChI=1S/C21H18N8O2/c1-11-6-12(9-22)2-5-15(11)25-17-8-18(24-14-3-4-14)29-19(27-17)13(10-23-29)7-16-20(30)28-21(31)26-16/h2,5-8,10,14,25,30H,3-4H2,1H3,(H2,26,28,31). The molecule has 4 N–H and O–H groups in total. The van der Waals surface area contributed by atoms with Crippen molar-refractivity contribution < 1.29 is 5.11 Å². The van der Waals surface area contributed by atoms with Gasteiger partial charge >= 0.3 is 5.69 Å². The summed E-state index contributed by atoms with van der Waals surface area (Å²) in [6, 6.07) is 9.62. The largest absolute Gasteiger partial charge is 0.493 e.